The molecular weight excluding hydrogens is 396 g/mol. The van der Waals surface area contributed by atoms with E-state index in [1.54, 1.807) is 12.1 Å². The van der Waals surface area contributed by atoms with E-state index in [2.05, 4.69) is 10.3 Å². The number of aromatic nitrogens is 1. The van der Waals surface area contributed by atoms with Gasteiger partial charge in [-0.2, -0.15) is 0 Å². The Kier molecular flexibility index (Phi) is 6.90. The number of fused-ring (bicyclic) bond motifs is 1. The molecule has 0 spiro atoms. The van der Waals surface area contributed by atoms with Crippen molar-refractivity contribution in [3.63, 3.8) is 0 Å². The number of amides is 1. The monoisotopic (exact) mass is 414 g/mol. The van der Waals surface area contributed by atoms with E-state index >= 15 is 0 Å². The first kappa shape index (κ1) is 20.2. The van der Waals surface area contributed by atoms with E-state index in [1.807, 2.05) is 49.4 Å². The highest BCUT2D eigenvalue weighted by atomic mass is 35.5. The standard InChI is InChI=1S/C21H19ClN2O3S/c1-14-9-20(24-18-8-3-2-7-17(14)18)28-13-21(26)27-12-19(25)23-11-15-5-4-6-16(22)10-15/h2-10H,11-13H2,1H3,(H,23,25). The molecule has 0 aliphatic carbocycles. The van der Waals surface area contributed by atoms with Crippen molar-refractivity contribution in [3.8, 4) is 0 Å². The topological polar surface area (TPSA) is 68.3 Å². The molecule has 5 nitrogen and oxygen atoms in total. The van der Waals surface area contributed by atoms with Crippen LogP contribution in [0.1, 0.15) is 11.1 Å². The maximum absolute atomic E-state index is 11.9. The van der Waals surface area contributed by atoms with Gasteiger partial charge in [-0.25, -0.2) is 4.98 Å². The second-order valence-electron chi connectivity index (χ2n) is 6.15. The number of hydrogen-bond acceptors (Lipinski definition) is 5. The van der Waals surface area contributed by atoms with E-state index in [4.69, 9.17) is 16.3 Å². The minimum absolute atomic E-state index is 0.0896. The number of carbonyl (C=O) groups is 2. The molecule has 144 valence electrons. The maximum Gasteiger partial charge on any atom is 0.316 e. The van der Waals surface area contributed by atoms with Crippen LogP contribution in [0.25, 0.3) is 10.9 Å². The van der Waals surface area contributed by atoms with Gasteiger partial charge in [0.1, 0.15) is 0 Å². The van der Waals surface area contributed by atoms with Crippen LogP contribution in [0, 0.1) is 6.92 Å². The Morgan fingerprint density at radius 2 is 1.96 bits per heavy atom. The second kappa shape index (κ2) is 9.57. The third-order valence-corrected chi connectivity index (χ3v) is 5.10. The zero-order chi connectivity index (χ0) is 19.9. The number of nitrogens with one attached hydrogen (secondary N) is 1. The smallest absolute Gasteiger partial charge is 0.316 e. The van der Waals surface area contributed by atoms with Crippen molar-refractivity contribution in [1.29, 1.82) is 0 Å². The van der Waals surface area contributed by atoms with Crippen molar-refractivity contribution < 1.29 is 14.3 Å². The van der Waals surface area contributed by atoms with Crippen molar-refractivity contribution in [3.05, 3.63) is 70.7 Å². The summed E-state index contributed by atoms with van der Waals surface area (Å²) < 4.78 is 5.03. The summed E-state index contributed by atoms with van der Waals surface area (Å²) in [5.41, 5.74) is 2.86. The normalized spacial score (nSPS) is 10.6. The van der Waals surface area contributed by atoms with Crippen LogP contribution in [0.15, 0.2) is 59.6 Å². The molecular formula is C21H19ClN2O3S. The molecule has 0 saturated carbocycles. The SMILES string of the molecule is Cc1cc(SCC(=O)OCC(=O)NCc2cccc(Cl)c2)nc2ccccc12. The third-order valence-electron chi connectivity index (χ3n) is 3.98. The molecule has 0 bridgehead atoms. The van der Waals surface area contributed by atoms with Gasteiger partial charge in [0, 0.05) is 17.0 Å². The molecule has 1 N–H and O–H groups in total. The minimum atomic E-state index is -0.462. The fourth-order valence-corrected chi connectivity index (χ4v) is 3.60. The Bertz CT molecular complexity index is 1010. The van der Waals surface area contributed by atoms with Crippen molar-refractivity contribution >= 4 is 46.1 Å². The Morgan fingerprint density at radius 3 is 2.79 bits per heavy atom. The molecule has 1 amide bonds. The first-order chi connectivity index (χ1) is 13.5. The van der Waals surface area contributed by atoms with Gasteiger partial charge in [-0.05, 0) is 42.3 Å². The highest BCUT2D eigenvalue weighted by Gasteiger charge is 2.10. The zero-order valence-electron chi connectivity index (χ0n) is 15.3. The van der Waals surface area contributed by atoms with Crippen molar-refractivity contribution in [2.24, 2.45) is 0 Å². The number of rotatable bonds is 7. The molecule has 28 heavy (non-hydrogen) atoms. The summed E-state index contributed by atoms with van der Waals surface area (Å²) in [5, 5.41) is 5.13. The second-order valence-corrected chi connectivity index (χ2v) is 7.58. The number of pyridine rings is 1. The predicted octanol–water partition coefficient (Wildman–Crippen LogP) is 4.15. The van der Waals surface area contributed by atoms with E-state index in [1.165, 1.54) is 11.8 Å². The molecule has 1 aromatic heterocycles. The summed E-state index contributed by atoms with van der Waals surface area (Å²) in [4.78, 5) is 28.3. The molecule has 0 aliphatic heterocycles. The lowest BCUT2D eigenvalue weighted by molar-refractivity contribution is -0.145. The van der Waals surface area contributed by atoms with Gasteiger partial charge in [0.25, 0.3) is 5.91 Å². The quantitative estimate of drug-likeness (QED) is 0.464. The summed E-state index contributed by atoms with van der Waals surface area (Å²) in [5.74, 6) is -0.736. The average Bonchev–Trinajstić information content (AvgIpc) is 2.69. The molecule has 0 unspecified atom stereocenters. The number of ether oxygens (including phenoxy) is 1. The number of aryl methyl sites for hydroxylation is 1. The molecule has 3 aromatic rings. The molecule has 1 heterocycles. The molecule has 0 radical (unpaired) electrons. The molecule has 2 aromatic carbocycles. The van der Waals surface area contributed by atoms with Crippen LogP contribution in [0.4, 0.5) is 0 Å². The molecule has 3 rings (SSSR count). The lowest BCUT2D eigenvalue weighted by atomic mass is 10.1. The van der Waals surface area contributed by atoms with Crippen LogP contribution < -0.4 is 5.32 Å². The number of nitrogens with zero attached hydrogens (tertiary/aromatic N) is 1. The zero-order valence-corrected chi connectivity index (χ0v) is 16.8. The Balaban J connectivity index is 1.43. The third kappa shape index (κ3) is 5.71. The average molecular weight is 415 g/mol. The van der Waals surface area contributed by atoms with Gasteiger partial charge in [0.05, 0.1) is 16.3 Å². The number of esters is 1. The fourth-order valence-electron chi connectivity index (χ4n) is 2.61. The van der Waals surface area contributed by atoms with E-state index in [0.717, 1.165) is 27.1 Å². The number of hydrogen-bond donors (Lipinski definition) is 1. The lowest BCUT2D eigenvalue weighted by Gasteiger charge is -2.08. The number of para-hydroxylation sites is 1. The summed E-state index contributed by atoms with van der Waals surface area (Å²) in [6, 6.07) is 17.0. The predicted molar refractivity (Wildman–Crippen MR) is 111 cm³/mol. The van der Waals surface area contributed by atoms with Crippen LogP contribution in [0.2, 0.25) is 5.02 Å². The van der Waals surface area contributed by atoms with Gasteiger partial charge in [-0.1, -0.05) is 53.7 Å². The number of carbonyl (C=O) groups excluding carboxylic acids is 2. The molecule has 7 heteroatoms. The van der Waals surface area contributed by atoms with Crippen LogP contribution in [-0.4, -0.2) is 29.2 Å². The van der Waals surface area contributed by atoms with Crippen LogP contribution in [0.5, 0.6) is 0 Å². The Labute approximate surface area is 172 Å². The number of halogens is 1. The van der Waals surface area contributed by atoms with Gasteiger partial charge in [0.2, 0.25) is 0 Å². The van der Waals surface area contributed by atoms with E-state index in [9.17, 15) is 9.59 Å². The Hall–Kier alpha value is -2.57. The van der Waals surface area contributed by atoms with Gasteiger partial charge in [0.15, 0.2) is 6.61 Å². The van der Waals surface area contributed by atoms with E-state index in [-0.39, 0.29) is 18.3 Å². The molecule has 0 aliphatic rings. The Morgan fingerprint density at radius 1 is 1.14 bits per heavy atom. The van der Waals surface area contributed by atoms with Gasteiger partial charge >= 0.3 is 5.97 Å². The van der Waals surface area contributed by atoms with Crippen molar-refractivity contribution in [2.75, 3.05) is 12.4 Å². The van der Waals surface area contributed by atoms with Crippen molar-refractivity contribution in [2.45, 2.75) is 18.5 Å². The lowest BCUT2D eigenvalue weighted by Crippen LogP contribution is -2.28. The van der Waals surface area contributed by atoms with Crippen LogP contribution in [-0.2, 0) is 20.9 Å². The summed E-state index contributed by atoms with van der Waals surface area (Å²) >= 11 is 7.19. The van der Waals surface area contributed by atoms with E-state index in [0.29, 0.717) is 11.6 Å². The molecule has 0 saturated heterocycles. The van der Waals surface area contributed by atoms with Gasteiger partial charge in [-0.3, -0.25) is 9.59 Å². The highest BCUT2D eigenvalue weighted by molar-refractivity contribution is 7.99. The van der Waals surface area contributed by atoms with E-state index < -0.39 is 5.97 Å². The first-order valence-electron chi connectivity index (χ1n) is 8.67. The number of thioether (sulfide) groups is 1. The first-order valence-corrected chi connectivity index (χ1v) is 10.0. The van der Waals surface area contributed by atoms with Gasteiger partial charge in [-0.15, -0.1) is 0 Å². The molecule has 0 atom stereocenters. The van der Waals surface area contributed by atoms with Gasteiger partial charge < -0.3 is 10.1 Å². The van der Waals surface area contributed by atoms with Crippen molar-refractivity contribution in [1.82, 2.24) is 10.3 Å². The summed E-state index contributed by atoms with van der Waals surface area (Å²) in [6.45, 7) is 2.02. The van der Waals surface area contributed by atoms with Crippen LogP contribution in [0.3, 0.4) is 0 Å². The maximum atomic E-state index is 11.9. The summed E-state index contributed by atoms with van der Waals surface area (Å²) in [6.07, 6.45) is 0. The highest BCUT2D eigenvalue weighted by Crippen LogP contribution is 2.23. The minimum Gasteiger partial charge on any atom is -0.455 e. The largest absolute Gasteiger partial charge is 0.455 e. The molecule has 0 fully saturated rings. The number of benzene rings is 2. The fraction of sp³-hybridized carbons (Fsp3) is 0.190. The summed E-state index contributed by atoms with van der Waals surface area (Å²) in [7, 11) is 0. The van der Waals surface area contributed by atoms with Crippen LogP contribution >= 0.6 is 23.4 Å².